The molecule has 4 atom stereocenters. The van der Waals surface area contributed by atoms with Crippen molar-refractivity contribution in [2.75, 3.05) is 13.2 Å². The number of alkyl carbamates (subject to hydrolysis) is 1. The van der Waals surface area contributed by atoms with Crippen LogP contribution in [0.4, 0.5) is 4.79 Å². The van der Waals surface area contributed by atoms with Crippen LogP contribution in [0.5, 0.6) is 0 Å². The van der Waals surface area contributed by atoms with E-state index in [1.54, 1.807) is 37.3 Å². The second kappa shape index (κ2) is 21.6. The van der Waals surface area contributed by atoms with Crippen molar-refractivity contribution in [1.82, 2.24) is 26.2 Å². The standard InChI is InChI=1S/C42H56N6O8/c1-4-14-32(38(51)40(53)44-24-35(50)46-36(34(49)21-13-22-43)28-15-7-5-8-16-28)45-39(52)33-23-30-19-11-12-20-31(30)25-48(33)41(54)37(29-17-9-6-10-18-29)47-42(55)56-26-27(2)3/h5,7-8,11-12,15-16,19-20,22,27,29,32-33,36-37,43H,4,6,9-10,13-14,17-18,21,23-26H2,1-3H3,(H,44,53)(H,45,52)(H,46,50)(H,47,55)/t32?,33-,36?,37?/m0/s1. The summed E-state index contributed by atoms with van der Waals surface area (Å²) >= 11 is 0. The summed E-state index contributed by atoms with van der Waals surface area (Å²) in [7, 11) is 0. The Kier molecular flexibility index (Phi) is 16.7. The van der Waals surface area contributed by atoms with Gasteiger partial charge < -0.3 is 36.3 Å². The maximum atomic E-state index is 14.5. The summed E-state index contributed by atoms with van der Waals surface area (Å²) in [5, 5.41) is 17.8. The number of nitrogens with zero attached hydrogens (tertiary/aromatic N) is 1. The first-order valence-electron chi connectivity index (χ1n) is 19.7. The fourth-order valence-electron chi connectivity index (χ4n) is 7.22. The van der Waals surface area contributed by atoms with Gasteiger partial charge in [0, 0.05) is 19.4 Å². The third kappa shape index (κ3) is 12.3. The van der Waals surface area contributed by atoms with Crippen molar-refractivity contribution >= 4 is 47.5 Å². The summed E-state index contributed by atoms with van der Waals surface area (Å²) in [5.74, 6) is -4.16. The van der Waals surface area contributed by atoms with E-state index >= 15 is 0 Å². The Labute approximate surface area is 328 Å². The Morgan fingerprint density at radius 1 is 0.893 bits per heavy atom. The molecule has 2 aromatic carbocycles. The third-order valence-electron chi connectivity index (χ3n) is 10.2. The SMILES string of the molecule is CCCC(NC(=O)[C@@H]1Cc2ccccc2CN1C(=O)C(NC(=O)OCC(C)C)C1CCCCC1)C(=O)C(=O)NCC(=O)NC(C(=O)CCC=N)c1ccccc1. The normalized spacial score (nSPS) is 17.0. The van der Waals surface area contributed by atoms with Crippen molar-refractivity contribution in [3.05, 3.63) is 71.3 Å². The number of amides is 5. The number of carbonyl (C=O) groups excluding carboxylic acids is 7. The third-order valence-corrected chi connectivity index (χ3v) is 10.2. The van der Waals surface area contributed by atoms with E-state index in [-0.39, 0.29) is 56.5 Å². The summed E-state index contributed by atoms with van der Waals surface area (Å²) < 4.78 is 5.40. The van der Waals surface area contributed by atoms with Crippen LogP contribution < -0.4 is 21.3 Å². The zero-order chi connectivity index (χ0) is 40.6. The van der Waals surface area contributed by atoms with E-state index in [9.17, 15) is 33.6 Å². The topological polar surface area (TPSA) is 204 Å². The molecule has 0 aromatic heterocycles. The van der Waals surface area contributed by atoms with Gasteiger partial charge in [-0.2, -0.15) is 0 Å². The average Bonchev–Trinajstić information content (AvgIpc) is 3.21. The fourth-order valence-corrected chi connectivity index (χ4v) is 7.22. The lowest BCUT2D eigenvalue weighted by molar-refractivity contribution is -0.146. The van der Waals surface area contributed by atoms with Crippen molar-refractivity contribution in [3.8, 4) is 0 Å². The van der Waals surface area contributed by atoms with Crippen molar-refractivity contribution in [1.29, 1.82) is 5.41 Å². The lowest BCUT2D eigenvalue weighted by Crippen LogP contribution is -2.61. The molecule has 0 bridgehead atoms. The monoisotopic (exact) mass is 772 g/mol. The van der Waals surface area contributed by atoms with Gasteiger partial charge in [0.2, 0.25) is 23.5 Å². The molecule has 14 heteroatoms. The van der Waals surface area contributed by atoms with Crippen LogP contribution >= 0.6 is 0 Å². The fraction of sp³-hybridized carbons (Fsp3) is 0.524. The smallest absolute Gasteiger partial charge is 0.407 e. The number of carbonyl (C=O) groups is 7. The summed E-state index contributed by atoms with van der Waals surface area (Å²) in [6, 6.07) is 11.8. The molecule has 2 aliphatic rings. The predicted molar refractivity (Wildman–Crippen MR) is 209 cm³/mol. The molecule has 1 aliphatic carbocycles. The maximum absolute atomic E-state index is 14.5. The highest BCUT2D eigenvalue weighted by molar-refractivity contribution is 6.38. The van der Waals surface area contributed by atoms with Crippen LogP contribution in [-0.4, -0.2) is 83.7 Å². The van der Waals surface area contributed by atoms with Crippen LogP contribution in [0.3, 0.4) is 0 Å². The second-order valence-corrected chi connectivity index (χ2v) is 15.0. The van der Waals surface area contributed by atoms with Gasteiger partial charge in [-0.1, -0.05) is 101 Å². The van der Waals surface area contributed by atoms with Gasteiger partial charge >= 0.3 is 6.09 Å². The maximum Gasteiger partial charge on any atom is 0.407 e. The molecular weight excluding hydrogens is 716 g/mol. The van der Waals surface area contributed by atoms with Crippen molar-refractivity contribution in [2.24, 2.45) is 11.8 Å². The van der Waals surface area contributed by atoms with Crippen molar-refractivity contribution in [2.45, 2.75) is 116 Å². The molecular formula is C42H56N6O8. The molecule has 5 amide bonds. The van der Waals surface area contributed by atoms with E-state index in [0.29, 0.717) is 12.0 Å². The van der Waals surface area contributed by atoms with Gasteiger partial charge in [-0.3, -0.25) is 28.8 Å². The zero-order valence-electron chi connectivity index (χ0n) is 32.6. The highest BCUT2D eigenvalue weighted by atomic mass is 16.5. The zero-order valence-corrected chi connectivity index (χ0v) is 32.6. The quantitative estimate of drug-likeness (QED) is 0.104. The molecule has 14 nitrogen and oxygen atoms in total. The Morgan fingerprint density at radius 2 is 1.57 bits per heavy atom. The van der Waals surface area contributed by atoms with Crippen LogP contribution in [0.2, 0.25) is 0 Å². The number of hydrogen-bond donors (Lipinski definition) is 5. The number of benzene rings is 2. The average molecular weight is 773 g/mol. The van der Waals surface area contributed by atoms with Crippen LogP contribution in [0.15, 0.2) is 54.6 Å². The molecule has 302 valence electrons. The molecule has 0 radical (unpaired) electrons. The molecule has 1 heterocycles. The van der Waals surface area contributed by atoms with Gasteiger partial charge in [-0.05, 0) is 60.4 Å². The van der Waals surface area contributed by atoms with Crippen LogP contribution in [0.1, 0.15) is 101 Å². The van der Waals surface area contributed by atoms with Crippen molar-refractivity contribution in [3.63, 3.8) is 0 Å². The van der Waals surface area contributed by atoms with E-state index in [0.717, 1.165) is 49.4 Å². The molecule has 1 fully saturated rings. The summed E-state index contributed by atoms with van der Waals surface area (Å²) in [6.45, 7) is 5.31. The lowest BCUT2D eigenvalue weighted by atomic mass is 9.82. The summed E-state index contributed by atoms with van der Waals surface area (Å²) in [5.41, 5.74) is 2.26. The van der Waals surface area contributed by atoms with Gasteiger partial charge in [-0.15, -0.1) is 0 Å². The van der Waals surface area contributed by atoms with E-state index in [2.05, 4.69) is 21.3 Å². The number of hydrogen-bond acceptors (Lipinski definition) is 9. The number of Topliss-reactive ketones (excluding diaryl/α,β-unsaturated/α-hetero) is 2. The minimum atomic E-state index is -1.25. The first-order valence-corrected chi connectivity index (χ1v) is 19.7. The minimum Gasteiger partial charge on any atom is -0.449 e. The molecule has 1 aliphatic heterocycles. The number of rotatable bonds is 19. The van der Waals surface area contributed by atoms with Gasteiger partial charge in [-0.25, -0.2) is 4.79 Å². The Balaban J connectivity index is 1.48. The lowest BCUT2D eigenvalue weighted by Gasteiger charge is -2.40. The van der Waals surface area contributed by atoms with Crippen LogP contribution in [0, 0.1) is 17.2 Å². The van der Waals surface area contributed by atoms with E-state index < -0.39 is 66.2 Å². The van der Waals surface area contributed by atoms with Gasteiger partial charge in [0.05, 0.1) is 19.2 Å². The molecule has 4 rings (SSSR count). The Hall–Kier alpha value is -5.40. The Morgan fingerprint density at radius 3 is 2.23 bits per heavy atom. The molecule has 5 N–H and O–H groups in total. The van der Waals surface area contributed by atoms with Gasteiger partial charge in [0.25, 0.3) is 5.91 Å². The highest BCUT2D eigenvalue weighted by Gasteiger charge is 2.42. The van der Waals surface area contributed by atoms with Gasteiger partial charge in [0.15, 0.2) is 5.78 Å². The molecule has 0 saturated heterocycles. The molecule has 2 aromatic rings. The largest absolute Gasteiger partial charge is 0.449 e. The van der Waals surface area contributed by atoms with E-state index in [1.807, 2.05) is 38.1 Å². The molecule has 3 unspecified atom stereocenters. The van der Waals surface area contributed by atoms with Crippen LogP contribution in [-0.2, 0) is 46.5 Å². The molecule has 0 spiro atoms. The summed E-state index contributed by atoms with van der Waals surface area (Å²) in [4.78, 5) is 95.6. The number of nitrogens with one attached hydrogen (secondary N) is 5. The number of ether oxygens (including phenoxy) is 1. The second-order valence-electron chi connectivity index (χ2n) is 15.0. The van der Waals surface area contributed by atoms with E-state index in [1.165, 1.54) is 4.90 Å². The Bertz CT molecular complexity index is 1710. The molecule has 56 heavy (non-hydrogen) atoms. The van der Waals surface area contributed by atoms with Crippen molar-refractivity contribution < 1.29 is 38.3 Å². The minimum absolute atomic E-state index is 0.0325. The predicted octanol–water partition coefficient (Wildman–Crippen LogP) is 4.10. The number of ketones is 2. The number of fused-ring (bicyclic) bond motifs is 1. The van der Waals surface area contributed by atoms with E-state index in [4.69, 9.17) is 10.1 Å². The first kappa shape index (κ1) is 43.3. The summed E-state index contributed by atoms with van der Waals surface area (Å²) in [6.07, 6.45) is 5.68. The molecule has 1 saturated carbocycles. The first-order chi connectivity index (χ1) is 26.9. The van der Waals surface area contributed by atoms with Gasteiger partial charge in [0.1, 0.15) is 18.1 Å². The van der Waals surface area contributed by atoms with Crippen LogP contribution in [0.25, 0.3) is 0 Å². The highest BCUT2D eigenvalue weighted by Crippen LogP contribution is 2.31.